The molecule has 8 heteroatoms. The molecule has 1 aromatic heterocycles. The standard InChI is InChI=1S/C55H61NO7/c1-5-6-24-44-36-56-53(61-44)55(32-33-55)49(63-52(59)42-21-14-9-15-22-42)30-25-37(2)46-28-29-47-39(23-16-31-54(46,47)4)26-27-43-34-45(60-50(57)40-17-10-7-11-18-40)35-48(38(43)3)62-51(58)41-19-12-8-13-20-41/h7-15,17-22,25-27,30,36-37,45-49H,3,5-6,16,23-24,28-29,31-35H2,1-2,4H3/t37-,45-,46-,47+,48+,49+,54-/m1/s1. The largest absolute Gasteiger partial charge is 0.458 e. The van der Waals surface area contributed by atoms with Crippen molar-refractivity contribution in [2.75, 3.05) is 0 Å². The molecule has 3 aromatic carbocycles. The summed E-state index contributed by atoms with van der Waals surface area (Å²) in [6.45, 7) is 11.4. The molecule has 0 amide bonds. The van der Waals surface area contributed by atoms with Gasteiger partial charge in [-0.3, -0.25) is 0 Å². The number of fused-ring (bicyclic) bond motifs is 1. The Labute approximate surface area is 372 Å². The molecule has 7 atom stereocenters. The summed E-state index contributed by atoms with van der Waals surface area (Å²) in [5, 5.41) is 0. The van der Waals surface area contributed by atoms with Crippen LogP contribution in [0.4, 0.5) is 0 Å². The number of benzene rings is 3. The average molecular weight is 848 g/mol. The van der Waals surface area contributed by atoms with Gasteiger partial charge in [-0.1, -0.05) is 112 Å². The number of unbranched alkanes of at least 4 members (excludes halogenated alkanes) is 1. The van der Waals surface area contributed by atoms with E-state index < -0.39 is 35.7 Å². The molecule has 4 fully saturated rings. The van der Waals surface area contributed by atoms with Crippen LogP contribution in [0.1, 0.15) is 134 Å². The average Bonchev–Trinajstić information content (AvgIpc) is 3.82. The van der Waals surface area contributed by atoms with Gasteiger partial charge in [-0.2, -0.15) is 0 Å². The van der Waals surface area contributed by atoms with E-state index in [0.717, 1.165) is 81.1 Å². The number of aromatic nitrogens is 1. The zero-order valence-electron chi connectivity index (χ0n) is 37.0. The highest BCUT2D eigenvalue weighted by atomic mass is 16.6. The summed E-state index contributed by atoms with van der Waals surface area (Å²) in [5.74, 6) is 1.48. The lowest BCUT2D eigenvalue weighted by Gasteiger charge is -2.44. The number of esters is 3. The number of carbonyl (C=O) groups excluding carboxylic acids is 3. The number of oxazole rings is 1. The Morgan fingerprint density at radius 3 is 2.11 bits per heavy atom. The minimum atomic E-state index is -0.637. The van der Waals surface area contributed by atoms with Crippen LogP contribution in [0.5, 0.6) is 0 Å². The number of allylic oxidation sites excluding steroid dienone is 4. The maximum absolute atomic E-state index is 13.6. The van der Waals surface area contributed by atoms with Crippen molar-refractivity contribution < 1.29 is 33.0 Å². The Kier molecular flexibility index (Phi) is 13.5. The van der Waals surface area contributed by atoms with Crippen molar-refractivity contribution in [3.05, 3.63) is 173 Å². The van der Waals surface area contributed by atoms with Crippen LogP contribution in [0.25, 0.3) is 0 Å². The van der Waals surface area contributed by atoms with Crippen molar-refractivity contribution in [2.24, 2.45) is 23.2 Å². The van der Waals surface area contributed by atoms with E-state index >= 15 is 0 Å². The minimum absolute atomic E-state index is 0.0850. The number of rotatable bonds is 15. The first-order valence-electron chi connectivity index (χ1n) is 23.1. The van der Waals surface area contributed by atoms with E-state index in [2.05, 4.69) is 51.7 Å². The van der Waals surface area contributed by atoms with Gasteiger partial charge in [-0.15, -0.1) is 0 Å². The third-order valence-electron chi connectivity index (χ3n) is 14.4. The quantitative estimate of drug-likeness (QED) is 0.0662. The Bertz CT molecular complexity index is 2340. The number of carbonyl (C=O) groups is 3. The predicted octanol–water partition coefficient (Wildman–Crippen LogP) is 12.3. The molecule has 0 radical (unpaired) electrons. The van der Waals surface area contributed by atoms with E-state index in [1.165, 1.54) is 5.57 Å². The van der Waals surface area contributed by atoms with Gasteiger partial charge in [0.1, 0.15) is 24.1 Å². The molecule has 0 saturated heterocycles. The van der Waals surface area contributed by atoms with Gasteiger partial charge in [0.05, 0.1) is 28.3 Å². The number of hydrogen-bond donors (Lipinski definition) is 0. The summed E-state index contributed by atoms with van der Waals surface area (Å²) in [5.41, 5.74) is 4.19. The lowest BCUT2D eigenvalue weighted by molar-refractivity contribution is 0.00211. The Morgan fingerprint density at radius 1 is 0.841 bits per heavy atom. The van der Waals surface area contributed by atoms with Crippen molar-refractivity contribution in [1.29, 1.82) is 0 Å². The van der Waals surface area contributed by atoms with Gasteiger partial charge < -0.3 is 18.6 Å². The first kappa shape index (κ1) is 43.9. The van der Waals surface area contributed by atoms with Crippen LogP contribution >= 0.6 is 0 Å². The van der Waals surface area contributed by atoms with Crippen molar-refractivity contribution >= 4 is 17.9 Å². The molecule has 8 nitrogen and oxygen atoms in total. The van der Waals surface area contributed by atoms with Gasteiger partial charge in [-0.05, 0) is 128 Å². The molecule has 0 bridgehead atoms. The zero-order chi connectivity index (χ0) is 44.0. The maximum atomic E-state index is 13.6. The van der Waals surface area contributed by atoms with Gasteiger partial charge >= 0.3 is 17.9 Å². The first-order valence-corrected chi connectivity index (χ1v) is 23.1. The molecule has 0 N–H and O–H groups in total. The number of aryl methyl sites for hydroxylation is 1. The Hall–Kier alpha value is -5.76. The third kappa shape index (κ3) is 9.75. The highest BCUT2D eigenvalue weighted by molar-refractivity contribution is 5.90. The highest BCUT2D eigenvalue weighted by Crippen LogP contribution is 2.60. The van der Waals surface area contributed by atoms with Gasteiger partial charge in [0.2, 0.25) is 5.89 Å². The Morgan fingerprint density at radius 2 is 1.48 bits per heavy atom. The second-order valence-electron chi connectivity index (χ2n) is 18.5. The SMILES string of the molecule is C=C1C(=CC=C2CCC[C@]3(C)[C@@H]([C@H](C)C=C[C@H](OC(=O)c4ccccc4)C4(c5ncc(CCCC)o5)CC4)CC[C@@H]23)C[C@@H](OC(=O)c2ccccc2)C[C@@H]1OC(=O)c1ccccc1. The van der Waals surface area contributed by atoms with Crippen LogP contribution in [0, 0.1) is 23.2 Å². The van der Waals surface area contributed by atoms with Gasteiger partial charge in [0, 0.05) is 19.3 Å². The normalized spacial score (nSPS) is 26.2. The van der Waals surface area contributed by atoms with Gasteiger partial charge in [-0.25, -0.2) is 19.4 Å². The second kappa shape index (κ2) is 19.3. The number of hydrogen-bond acceptors (Lipinski definition) is 8. The fraction of sp³-hybridized carbons (Fsp3) is 0.418. The predicted molar refractivity (Wildman–Crippen MR) is 244 cm³/mol. The van der Waals surface area contributed by atoms with Crippen LogP contribution in [0.3, 0.4) is 0 Å². The van der Waals surface area contributed by atoms with E-state index in [1.54, 1.807) is 36.4 Å². The minimum Gasteiger partial charge on any atom is -0.458 e. The van der Waals surface area contributed by atoms with E-state index in [1.807, 2.05) is 60.8 Å². The van der Waals surface area contributed by atoms with E-state index in [4.69, 9.17) is 23.6 Å². The molecule has 1 heterocycles. The lowest BCUT2D eigenvalue weighted by atomic mass is 9.61. The first-order chi connectivity index (χ1) is 30.6. The molecule has 4 aliphatic rings. The molecule has 4 aromatic rings. The fourth-order valence-corrected chi connectivity index (χ4v) is 10.6. The Balaban J connectivity index is 1.01. The van der Waals surface area contributed by atoms with Crippen LogP contribution in [-0.2, 0) is 26.0 Å². The molecular formula is C55H61NO7. The zero-order valence-corrected chi connectivity index (χ0v) is 37.0. The van der Waals surface area contributed by atoms with Crippen molar-refractivity contribution in [2.45, 2.75) is 122 Å². The second-order valence-corrected chi connectivity index (χ2v) is 18.5. The monoisotopic (exact) mass is 847 g/mol. The fourth-order valence-electron chi connectivity index (χ4n) is 10.6. The summed E-state index contributed by atoms with van der Waals surface area (Å²) in [4.78, 5) is 44.8. The van der Waals surface area contributed by atoms with Crippen LogP contribution in [-0.4, -0.2) is 41.2 Å². The van der Waals surface area contributed by atoms with Gasteiger partial charge in [0.25, 0.3) is 0 Å². The molecule has 328 valence electrons. The van der Waals surface area contributed by atoms with E-state index in [0.29, 0.717) is 47.3 Å². The summed E-state index contributed by atoms with van der Waals surface area (Å²) in [6, 6.07) is 27.1. The summed E-state index contributed by atoms with van der Waals surface area (Å²) >= 11 is 0. The smallest absolute Gasteiger partial charge is 0.338 e. The molecule has 0 unspecified atom stereocenters. The molecule has 63 heavy (non-hydrogen) atoms. The maximum Gasteiger partial charge on any atom is 0.338 e. The van der Waals surface area contributed by atoms with Crippen molar-refractivity contribution in [3.63, 3.8) is 0 Å². The van der Waals surface area contributed by atoms with Crippen LogP contribution in [0.15, 0.2) is 149 Å². The van der Waals surface area contributed by atoms with Crippen LogP contribution in [0.2, 0.25) is 0 Å². The third-order valence-corrected chi connectivity index (χ3v) is 14.4. The molecule has 0 aliphatic heterocycles. The number of nitrogens with zero attached hydrogens (tertiary/aromatic N) is 1. The molecular weight excluding hydrogens is 787 g/mol. The number of ether oxygens (including phenoxy) is 3. The summed E-state index contributed by atoms with van der Waals surface area (Å²) in [6.07, 6.45) is 20.0. The molecule has 4 aliphatic carbocycles. The van der Waals surface area contributed by atoms with Crippen molar-refractivity contribution in [1.82, 2.24) is 4.98 Å². The summed E-state index contributed by atoms with van der Waals surface area (Å²) < 4.78 is 24.8. The van der Waals surface area contributed by atoms with Gasteiger partial charge in [0.15, 0.2) is 0 Å². The lowest BCUT2D eigenvalue weighted by Crippen LogP contribution is -2.36. The van der Waals surface area contributed by atoms with E-state index in [-0.39, 0.29) is 17.3 Å². The van der Waals surface area contributed by atoms with Crippen molar-refractivity contribution in [3.8, 4) is 0 Å². The molecule has 4 saturated carbocycles. The highest BCUT2D eigenvalue weighted by Gasteiger charge is 2.56. The molecule has 0 spiro atoms. The molecule has 8 rings (SSSR count). The van der Waals surface area contributed by atoms with E-state index in [9.17, 15) is 14.4 Å². The van der Waals surface area contributed by atoms with Crippen LogP contribution < -0.4 is 0 Å². The summed E-state index contributed by atoms with van der Waals surface area (Å²) in [7, 11) is 0. The topological polar surface area (TPSA) is 105 Å².